The van der Waals surface area contributed by atoms with E-state index in [0.29, 0.717) is 23.8 Å². The first-order chi connectivity index (χ1) is 21.0. The zero-order valence-electron chi connectivity index (χ0n) is 23.5. The van der Waals surface area contributed by atoms with Crippen LogP contribution in [-0.4, -0.2) is 41.5 Å². The SMILES string of the molecule is O=C(COc1ccc(-c2nc3ccc(N4Cc5cc(N6CCCCC6)ccc5C4=O)cc3[nH]2)cc1)Nc1ccc(F)cc1. The highest BCUT2D eigenvalue weighted by atomic mass is 19.1. The summed E-state index contributed by atoms with van der Waals surface area (Å²) in [5.74, 6) is 0.530. The van der Waals surface area contributed by atoms with Gasteiger partial charge in [-0.05, 0) is 110 Å². The third-order valence-corrected chi connectivity index (χ3v) is 8.02. The Bertz CT molecular complexity index is 1810. The van der Waals surface area contributed by atoms with Crippen LogP contribution in [-0.2, 0) is 11.3 Å². The van der Waals surface area contributed by atoms with Crippen LogP contribution in [0.25, 0.3) is 22.4 Å². The maximum atomic E-state index is 13.3. The molecule has 1 aromatic heterocycles. The standard InChI is InChI=1S/C34H30FN5O3/c35-24-6-8-25(9-7-24)36-32(41)21-43-28-12-4-22(5-13-28)33-37-30-15-11-27(19-31(30)38-33)40-20-23-18-26(10-14-29(23)34(40)42)39-16-2-1-3-17-39/h4-15,18-19H,1-3,16-17,20-21H2,(H,36,41)(H,37,38). The van der Waals surface area contributed by atoms with Crippen molar-refractivity contribution in [1.29, 1.82) is 0 Å². The van der Waals surface area contributed by atoms with Crippen LogP contribution in [0.15, 0.2) is 84.9 Å². The first-order valence-corrected chi connectivity index (χ1v) is 14.5. The quantitative estimate of drug-likeness (QED) is 0.230. The molecule has 2 aliphatic heterocycles. The molecule has 43 heavy (non-hydrogen) atoms. The molecule has 3 heterocycles. The van der Waals surface area contributed by atoms with Crippen LogP contribution in [0.2, 0.25) is 0 Å². The van der Waals surface area contributed by atoms with Crippen LogP contribution < -0.4 is 19.9 Å². The summed E-state index contributed by atoms with van der Waals surface area (Å²) in [6, 6.07) is 24.9. The molecule has 2 aliphatic rings. The van der Waals surface area contributed by atoms with Gasteiger partial charge < -0.3 is 24.8 Å². The average Bonchev–Trinajstić information content (AvgIpc) is 3.62. The van der Waals surface area contributed by atoms with Gasteiger partial charge in [0.15, 0.2) is 6.61 Å². The Kier molecular flexibility index (Phi) is 6.98. The average molecular weight is 576 g/mol. The van der Waals surface area contributed by atoms with Crippen molar-refractivity contribution in [3.05, 3.63) is 102 Å². The van der Waals surface area contributed by atoms with Crippen molar-refractivity contribution in [3.8, 4) is 17.1 Å². The molecule has 0 atom stereocenters. The second kappa shape index (κ2) is 11.2. The normalized spacial score (nSPS) is 14.7. The van der Waals surface area contributed by atoms with Crippen LogP contribution in [0, 0.1) is 5.82 Å². The third kappa shape index (κ3) is 5.53. The van der Waals surface area contributed by atoms with E-state index in [1.165, 1.54) is 49.2 Å². The van der Waals surface area contributed by atoms with Crippen LogP contribution in [0.1, 0.15) is 35.2 Å². The molecule has 2 amide bonds. The number of hydrogen-bond donors (Lipinski definition) is 2. The number of imidazole rings is 1. The number of ether oxygens (including phenoxy) is 1. The molecule has 216 valence electrons. The van der Waals surface area contributed by atoms with Gasteiger partial charge in [-0.3, -0.25) is 9.59 Å². The zero-order chi connectivity index (χ0) is 29.3. The Morgan fingerprint density at radius 1 is 0.907 bits per heavy atom. The van der Waals surface area contributed by atoms with Gasteiger partial charge in [0, 0.05) is 41.3 Å². The molecule has 0 radical (unpaired) electrons. The molecule has 2 N–H and O–H groups in total. The lowest BCUT2D eigenvalue weighted by atomic mass is 10.1. The Morgan fingerprint density at radius 3 is 2.47 bits per heavy atom. The summed E-state index contributed by atoms with van der Waals surface area (Å²) in [6.45, 7) is 2.51. The minimum Gasteiger partial charge on any atom is -0.484 e. The van der Waals surface area contributed by atoms with Crippen LogP contribution in [0.4, 0.5) is 21.5 Å². The Morgan fingerprint density at radius 2 is 1.67 bits per heavy atom. The molecule has 0 spiro atoms. The molecular formula is C34H30FN5O3. The lowest BCUT2D eigenvalue weighted by molar-refractivity contribution is -0.118. The number of carbonyl (C=O) groups excluding carboxylic acids is 2. The van der Waals surface area contributed by atoms with Crippen LogP contribution in [0.5, 0.6) is 5.75 Å². The molecule has 0 bridgehead atoms. The molecule has 9 heteroatoms. The monoisotopic (exact) mass is 575 g/mol. The van der Waals surface area contributed by atoms with Crippen molar-refractivity contribution in [2.24, 2.45) is 0 Å². The smallest absolute Gasteiger partial charge is 0.262 e. The fourth-order valence-electron chi connectivity index (χ4n) is 5.75. The fraction of sp³-hybridized carbons (Fsp3) is 0.206. The van der Waals surface area contributed by atoms with E-state index >= 15 is 0 Å². The van der Waals surface area contributed by atoms with Crippen molar-refractivity contribution >= 4 is 39.9 Å². The number of aromatic amines is 1. The van der Waals surface area contributed by atoms with Gasteiger partial charge in [0.25, 0.3) is 11.8 Å². The second-order valence-corrected chi connectivity index (χ2v) is 10.9. The molecule has 0 saturated carbocycles. The summed E-state index contributed by atoms with van der Waals surface area (Å²) in [4.78, 5) is 37.8. The first kappa shape index (κ1) is 26.7. The Labute approximate surface area is 248 Å². The molecular weight excluding hydrogens is 545 g/mol. The second-order valence-electron chi connectivity index (χ2n) is 10.9. The molecule has 5 aromatic rings. The van der Waals surface area contributed by atoms with Gasteiger partial charge in [0.05, 0.1) is 17.6 Å². The summed E-state index contributed by atoms with van der Waals surface area (Å²) in [5.41, 5.74) is 6.85. The van der Waals surface area contributed by atoms with Gasteiger partial charge >= 0.3 is 0 Å². The largest absolute Gasteiger partial charge is 0.484 e. The predicted molar refractivity (Wildman–Crippen MR) is 165 cm³/mol. The lowest BCUT2D eigenvalue weighted by Crippen LogP contribution is -2.29. The number of rotatable bonds is 7. The van der Waals surface area contributed by atoms with Gasteiger partial charge in [-0.1, -0.05) is 0 Å². The number of benzene rings is 4. The van der Waals surface area contributed by atoms with Crippen molar-refractivity contribution in [2.75, 3.05) is 34.8 Å². The van der Waals surface area contributed by atoms with Crippen molar-refractivity contribution < 1.29 is 18.7 Å². The maximum absolute atomic E-state index is 13.3. The van der Waals surface area contributed by atoms with Gasteiger partial charge in [0.1, 0.15) is 17.4 Å². The Hall–Kier alpha value is -5.18. The van der Waals surface area contributed by atoms with E-state index in [4.69, 9.17) is 9.72 Å². The fourth-order valence-corrected chi connectivity index (χ4v) is 5.75. The number of nitrogens with zero attached hydrogens (tertiary/aromatic N) is 3. The first-order valence-electron chi connectivity index (χ1n) is 14.5. The number of carbonyl (C=O) groups is 2. The van der Waals surface area contributed by atoms with E-state index in [9.17, 15) is 14.0 Å². The topological polar surface area (TPSA) is 90.6 Å². The molecule has 1 fully saturated rings. The number of hydrogen-bond acceptors (Lipinski definition) is 5. The Balaban J connectivity index is 1.02. The molecule has 1 saturated heterocycles. The summed E-state index contributed by atoms with van der Waals surface area (Å²) in [7, 11) is 0. The van der Waals surface area contributed by atoms with Gasteiger partial charge in [0.2, 0.25) is 0 Å². The molecule has 8 nitrogen and oxygen atoms in total. The van der Waals surface area contributed by atoms with Gasteiger partial charge in [-0.25, -0.2) is 9.37 Å². The van der Waals surface area contributed by atoms with Crippen molar-refractivity contribution in [2.45, 2.75) is 25.8 Å². The highest BCUT2D eigenvalue weighted by Gasteiger charge is 2.29. The van der Waals surface area contributed by atoms with E-state index < -0.39 is 0 Å². The van der Waals surface area contributed by atoms with E-state index in [0.717, 1.165) is 46.5 Å². The number of fused-ring (bicyclic) bond motifs is 2. The number of aromatic nitrogens is 2. The van der Waals surface area contributed by atoms with E-state index in [1.54, 1.807) is 12.1 Å². The third-order valence-electron chi connectivity index (χ3n) is 8.02. The number of piperidine rings is 1. The van der Waals surface area contributed by atoms with Crippen LogP contribution in [0.3, 0.4) is 0 Å². The van der Waals surface area contributed by atoms with Crippen LogP contribution >= 0.6 is 0 Å². The molecule has 4 aromatic carbocycles. The lowest BCUT2D eigenvalue weighted by Gasteiger charge is -2.29. The van der Waals surface area contributed by atoms with Gasteiger partial charge in [-0.15, -0.1) is 0 Å². The zero-order valence-corrected chi connectivity index (χ0v) is 23.5. The summed E-state index contributed by atoms with van der Waals surface area (Å²) in [5, 5.41) is 2.67. The van der Waals surface area contributed by atoms with Gasteiger partial charge in [-0.2, -0.15) is 0 Å². The maximum Gasteiger partial charge on any atom is 0.262 e. The summed E-state index contributed by atoms with van der Waals surface area (Å²) < 4.78 is 18.7. The van der Waals surface area contributed by atoms with E-state index in [1.807, 2.05) is 41.3 Å². The highest BCUT2D eigenvalue weighted by molar-refractivity contribution is 6.10. The minimum absolute atomic E-state index is 0.0150. The highest BCUT2D eigenvalue weighted by Crippen LogP contribution is 2.33. The number of amides is 2. The number of nitrogens with one attached hydrogen (secondary N) is 2. The van der Waals surface area contributed by atoms with E-state index in [-0.39, 0.29) is 24.2 Å². The summed E-state index contributed by atoms with van der Waals surface area (Å²) >= 11 is 0. The van der Waals surface area contributed by atoms with Crippen molar-refractivity contribution in [3.63, 3.8) is 0 Å². The molecule has 0 unspecified atom stereocenters. The number of anilines is 3. The summed E-state index contributed by atoms with van der Waals surface area (Å²) in [6.07, 6.45) is 3.71. The predicted octanol–water partition coefficient (Wildman–Crippen LogP) is 6.54. The van der Waals surface area contributed by atoms with E-state index in [2.05, 4.69) is 27.3 Å². The number of halogens is 1. The molecule has 7 rings (SSSR count). The van der Waals surface area contributed by atoms with Crippen molar-refractivity contribution in [1.82, 2.24) is 9.97 Å². The number of H-pyrrole nitrogens is 1. The minimum atomic E-state index is -0.367. The molecule has 0 aliphatic carbocycles.